The highest BCUT2D eigenvalue weighted by Crippen LogP contribution is 2.29. The van der Waals surface area contributed by atoms with E-state index in [1.807, 2.05) is 51.1 Å². The standard InChI is InChI=1S/C35H37Cl2N3O4S/c1-25(2)22-38-35(42)33(20-27-12-6-4-7-13-27)39(23-28-14-10-11-17-31(28)36)34(41)24-40(29-19-18-26(3)32(37)21-29)45(43,44)30-15-8-5-9-16-30/h4-19,21,25,33H,20,22-24H2,1-3H3,(H,38,42). The molecule has 1 N–H and O–H groups in total. The molecule has 0 saturated heterocycles. The van der Waals surface area contributed by atoms with Crippen LogP contribution in [0.4, 0.5) is 5.69 Å². The van der Waals surface area contributed by atoms with Gasteiger partial charge in [-0.25, -0.2) is 8.42 Å². The first-order chi connectivity index (χ1) is 21.5. The van der Waals surface area contributed by atoms with Crippen LogP contribution in [0.2, 0.25) is 10.0 Å². The molecule has 4 aromatic carbocycles. The molecule has 236 valence electrons. The number of hydrogen-bond acceptors (Lipinski definition) is 4. The van der Waals surface area contributed by atoms with E-state index in [-0.39, 0.29) is 35.4 Å². The molecule has 2 amide bonds. The maximum Gasteiger partial charge on any atom is 0.264 e. The molecule has 45 heavy (non-hydrogen) atoms. The zero-order chi connectivity index (χ0) is 32.6. The van der Waals surface area contributed by atoms with Crippen LogP contribution >= 0.6 is 23.2 Å². The SMILES string of the molecule is Cc1ccc(N(CC(=O)N(Cc2ccccc2Cl)C(Cc2ccccc2)C(=O)NCC(C)C)S(=O)(=O)c2ccccc2)cc1Cl. The maximum atomic E-state index is 14.5. The van der Waals surface area contributed by atoms with Crippen molar-refractivity contribution in [3.63, 3.8) is 0 Å². The van der Waals surface area contributed by atoms with Crippen LogP contribution in [0.25, 0.3) is 0 Å². The molecule has 0 saturated carbocycles. The van der Waals surface area contributed by atoms with Crippen molar-refractivity contribution in [2.24, 2.45) is 5.92 Å². The number of rotatable bonds is 13. The molecule has 4 aromatic rings. The van der Waals surface area contributed by atoms with E-state index < -0.39 is 28.5 Å². The van der Waals surface area contributed by atoms with E-state index in [4.69, 9.17) is 23.2 Å². The van der Waals surface area contributed by atoms with Gasteiger partial charge in [-0.1, -0.05) is 110 Å². The van der Waals surface area contributed by atoms with Gasteiger partial charge >= 0.3 is 0 Å². The van der Waals surface area contributed by atoms with E-state index in [0.29, 0.717) is 22.2 Å². The van der Waals surface area contributed by atoms with Gasteiger partial charge in [-0.15, -0.1) is 0 Å². The van der Waals surface area contributed by atoms with Crippen molar-refractivity contribution in [2.75, 3.05) is 17.4 Å². The largest absolute Gasteiger partial charge is 0.354 e. The fraction of sp³-hybridized carbons (Fsp3) is 0.257. The van der Waals surface area contributed by atoms with Crippen molar-refractivity contribution in [1.29, 1.82) is 0 Å². The number of nitrogens with zero attached hydrogens (tertiary/aromatic N) is 2. The molecule has 0 fully saturated rings. The van der Waals surface area contributed by atoms with E-state index in [0.717, 1.165) is 15.4 Å². The van der Waals surface area contributed by atoms with Crippen LogP contribution < -0.4 is 9.62 Å². The van der Waals surface area contributed by atoms with Crippen molar-refractivity contribution < 1.29 is 18.0 Å². The first-order valence-corrected chi connectivity index (χ1v) is 16.9. The average molecular weight is 667 g/mol. The Labute approximate surface area is 275 Å². The third kappa shape index (κ3) is 8.87. The molecular formula is C35H37Cl2N3O4S. The molecule has 0 aliphatic rings. The Morgan fingerprint density at radius 3 is 2.07 bits per heavy atom. The Morgan fingerprint density at radius 2 is 1.44 bits per heavy atom. The molecule has 10 heteroatoms. The van der Waals surface area contributed by atoms with E-state index in [2.05, 4.69) is 5.32 Å². The summed E-state index contributed by atoms with van der Waals surface area (Å²) >= 11 is 13.0. The van der Waals surface area contributed by atoms with Gasteiger partial charge in [0, 0.05) is 29.6 Å². The Balaban J connectivity index is 1.82. The lowest BCUT2D eigenvalue weighted by molar-refractivity contribution is -0.140. The number of carbonyl (C=O) groups is 2. The second-order valence-electron chi connectivity index (χ2n) is 11.2. The zero-order valence-electron chi connectivity index (χ0n) is 25.5. The molecule has 0 aliphatic carbocycles. The number of hydrogen-bond donors (Lipinski definition) is 1. The van der Waals surface area contributed by atoms with Crippen LogP contribution in [0, 0.1) is 12.8 Å². The topological polar surface area (TPSA) is 86.8 Å². The molecule has 0 radical (unpaired) electrons. The highest BCUT2D eigenvalue weighted by molar-refractivity contribution is 7.92. The lowest BCUT2D eigenvalue weighted by Crippen LogP contribution is -2.53. The maximum absolute atomic E-state index is 14.5. The quantitative estimate of drug-likeness (QED) is 0.168. The van der Waals surface area contributed by atoms with Crippen molar-refractivity contribution in [3.05, 3.63) is 130 Å². The Hall–Kier alpha value is -3.85. The van der Waals surface area contributed by atoms with Gasteiger partial charge in [0.05, 0.1) is 10.6 Å². The van der Waals surface area contributed by atoms with Crippen molar-refractivity contribution in [1.82, 2.24) is 10.2 Å². The van der Waals surface area contributed by atoms with Crippen LogP contribution in [-0.2, 0) is 32.6 Å². The van der Waals surface area contributed by atoms with Crippen LogP contribution in [0.5, 0.6) is 0 Å². The highest BCUT2D eigenvalue weighted by atomic mass is 35.5. The van der Waals surface area contributed by atoms with Gasteiger partial charge in [0.1, 0.15) is 12.6 Å². The molecular weight excluding hydrogens is 629 g/mol. The van der Waals surface area contributed by atoms with Gasteiger partial charge in [-0.3, -0.25) is 13.9 Å². The third-order valence-corrected chi connectivity index (χ3v) is 9.87. The molecule has 4 rings (SSSR count). The summed E-state index contributed by atoms with van der Waals surface area (Å²) in [6.45, 7) is 5.59. The van der Waals surface area contributed by atoms with Crippen molar-refractivity contribution in [2.45, 2.75) is 44.7 Å². The summed E-state index contributed by atoms with van der Waals surface area (Å²) in [5, 5.41) is 3.76. The fourth-order valence-corrected chi connectivity index (χ4v) is 6.57. The number of anilines is 1. The first kappa shape index (κ1) is 34.0. The van der Waals surface area contributed by atoms with Crippen LogP contribution in [0.1, 0.15) is 30.5 Å². The summed E-state index contributed by atoms with van der Waals surface area (Å²) in [4.78, 5) is 29.8. The third-order valence-electron chi connectivity index (χ3n) is 7.31. The van der Waals surface area contributed by atoms with Gasteiger partial charge in [-0.2, -0.15) is 0 Å². The summed E-state index contributed by atoms with van der Waals surface area (Å²) in [6, 6.07) is 28.3. The lowest BCUT2D eigenvalue weighted by Gasteiger charge is -2.34. The molecule has 1 unspecified atom stereocenters. The summed E-state index contributed by atoms with van der Waals surface area (Å²) in [5.41, 5.74) is 2.45. The molecule has 0 bridgehead atoms. The fourth-order valence-electron chi connectivity index (χ4n) is 4.77. The van der Waals surface area contributed by atoms with E-state index >= 15 is 0 Å². The molecule has 0 heterocycles. The predicted octanol–water partition coefficient (Wildman–Crippen LogP) is 6.91. The van der Waals surface area contributed by atoms with Crippen molar-refractivity contribution in [3.8, 4) is 0 Å². The lowest BCUT2D eigenvalue weighted by atomic mass is 10.0. The van der Waals surface area contributed by atoms with Gasteiger partial charge < -0.3 is 10.2 Å². The molecule has 0 aliphatic heterocycles. The summed E-state index contributed by atoms with van der Waals surface area (Å²) < 4.78 is 29.2. The Kier molecular flexibility index (Phi) is 11.7. The van der Waals surface area contributed by atoms with E-state index in [1.165, 1.54) is 23.1 Å². The molecule has 0 spiro atoms. The monoisotopic (exact) mass is 665 g/mol. The van der Waals surface area contributed by atoms with Crippen LogP contribution in [0.15, 0.2) is 108 Å². The number of aryl methyl sites for hydroxylation is 1. The van der Waals surface area contributed by atoms with Gasteiger partial charge in [0.2, 0.25) is 11.8 Å². The second-order valence-corrected chi connectivity index (χ2v) is 13.9. The van der Waals surface area contributed by atoms with E-state index in [1.54, 1.807) is 54.6 Å². The number of nitrogens with one attached hydrogen (secondary N) is 1. The van der Waals surface area contributed by atoms with Crippen molar-refractivity contribution >= 4 is 50.7 Å². The molecule has 1 atom stereocenters. The van der Waals surface area contributed by atoms with Gasteiger partial charge in [0.15, 0.2) is 0 Å². The summed E-state index contributed by atoms with van der Waals surface area (Å²) in [5.74, 6) is -0.743. The van der Waals surface area contributed by atoms with Crippen LogP contribution in [-0.4, -0.2) is 44.3 Å². The minimum atomic E-state index is -4.22. The second kappa shape index (κ2) is 15.4. The highest BCUT2D eigenvalue weighted by Gasteiger charge is 2.35. The average Bonchev–Trinajstić information content (AvgIpc) is 3.03. The van der Waals surface area contributed by atoms with Crippen LogP contribution in [0.3, 0.4) is 0 Å². The Bertz CT molecular complexity index is 1720. The van der Waals surface area contributed by atoms with Gasteiger partial charge in [-0.05, 0) is 59.9 Å². The first-order valence-electron chi connectivity index (χ1n) is 14.7. The number of benzene rings is 4. The molecule has 7 nitrogen and oxygen atoms in total. The number of sulfonamides is 1. The minimum absolute atomic E-state index is 0.0149. The Morgan fingerprint density at radius 1 is 0.822 bits per heavy atom. The van der Waals surface area contributed by atoms with Gasteiger partial charge in [0.25, 0.3) is 10.0 Å². The summed E-state index contributed by atoms with van der Waals surface area (Å²) in [7, 11) is -4.22. The minimum Gasteiger partial charge on any atom is -0.354 e. The molecule has 0 aromatic heterocycles. The summed E-state index contributed by atoms with van der Waals surface area (Å²) in [6.07, 6.45) is 0.211. The number of carbonyl (C=O) groups excluding carboxylic acids is 2. The number of halogens is 2. The number of amides is 2. The smallest absolute Gasteiger partial charge is 0.264 e. The normalized spacial score (nSPS) is 12.0. The van der Waals surface area contributed by atoms with E-state index in [9.17, 15) is 18.0 Å². The zero-order valence-corrected chi connectivity index (χ0v) is 27.8. The predicted molar refractivity (Wildman–Crippen MR) is 181 cm³/mol.